The topological polar surface area (TPSA) is 30.5 Å². The monoisotopic (exact) mass is 293 g/mol. The van der Waals surface area contributed by atoms with Crippen LogP contribution in [0.4, 0.5) is 0 Å². The molecule has 0 fully saturated rings. The predicted molar refractivity (Wildman–Crippen MR) is 89.2 cm³/mol. The Hall–Kier alpha value is -1.22. The lowest BCUT2D eigenvalue weighted by molar-refractivity contribution is 0.247. The Kier molecular flexibility index (Phi) is 7.03. The third-order valence-corrected chi connectivity index (χ3v) is 3.39. The molecule has 1 aromatic rings. The average Bonchev–Trinajstić information content (AvgIpc) is 2.42. The molecule has 0 amide bonds. The lowest BCUT2D eigenvalue weighted by atomic mass is 10.1. The van der Waals surface area contributed by atoms with Crippen molar-refractivity contribution >= 4 is 0 Å². The zero-order valence-electron chi connectivity index (χ0n) is 14.5. The fourth-order valence-electron chi connectivity index (χ4n) is 2.11. The quantitative estimate of drug-likeness (QED) is 0.770. The molecule has 0 spiro atoms. The second-order valence-corrected chi connectivity index (χ2v) is 6.78. The van der Waals surface area contributed by atoms with E-state index in [-0.39, 0.29) is 5.54 Å². The molecule has 0 aromatic heterocycles. The molecule has 0 aliphatic rings. The summed E-state index contributed by atoms with van der Waals surface area (Å²) in [6, 6.07) is 6.05. The first-order valence-electron chi connectivity index (χ1n) is 7.90. The predicted octanol–water partition coefficient (Wildman–Crippen LogP) is 4.40. The van der Waals surface area contributed by atoms with Crippen LogP contribution in [0.3, 0.4) is 0 Å². The third kappa shape index (κ3) is 6.85. The van der Waals surface area contributed by atoms with Crippen LogP contribution < -0.4 is 14.8 Å². The molecule has 0 aliphatic carbocycles. The number of hydrogen-bond donors (Lipinski definition) is 1. The molecule has 0 radical (unpaired) electrons. The van der Waals surface area contributed by atoms with Gasteiger partial charge in [-0.3, -0.25) is 0 Å². The van der Waals surface area contributed by atoms with Crippen LogP contribution >= 0.6 is 0 Å². The number of hydrogen-bond acceptors (Lipinski definition) is 3. The highest BCUT2D eigenvalue weighted by molar-refractivity contribution is 5.40. The number of rotatable bonds is 8. The van der Waals surface area contributed by atoms with Gasteiger partial charge in [0.05, 0.1) is 13.7 Å². The van der Waals surface area contributed by atoms with Gasteiger partial charge in [0.2, 0.25) is 0 Å². The van der Waals surface area contributed by atoms with E-state index in [9.17, 15) is 0 Å². The van der Waals surface area contributed by atoms with E-state index in [0.717, 1.165) is 24.7 Å². The van der Waals surface area contributed by atoms with E-state index in [4.69, 9.17) is 9.47 Å². The minimum absolute atomic E-state index is 0.0900. The van der Waals surface area contributed by atoms with Gasteiger partial charge >= 0.3 is 0 Å². The van der Waals surface area contributed by atoms with Crippen LogP contribution in [0.1, 0.15) is 53.0 Å². The Bertz CT molecular complexity index is 424. The summed E-state index contributed by atoms with van der Waals surface area (Å²) in [4.78, 5) is 0. The summed E-state index contributed by atoms with van der Waals surface area (Å²) < 4.78 is 11.3. The van der Waals surface area contributed by atoms with Crippen molar-refractivity contribution in [2.24, 2.45) is 5.92 Å². The van der Waals surface area contributed by atoms with Gasteiger partial charge in [-0.1, -0.05) is 26.3 Å². The van der Waals surface area contributed by atoms with Gasteiger partial charge < -0.3 is 14.8 Å². The van der Waals surface area contributed by atoms with E-state index in [1.807, 2.05) is 12.1 Å². The van der Waals surface area contributed by atoms with E-state index in [1.165, 1.54) is 18.4 Å². The molecular weight excluding hydrogens is 262 g/mol. The molecule has 1 aromatic carbocycles. The smallest absolute Gasteiger partial charge is 0.127 e. The highest BCUT2D eigenvalue weighted by Crippen LogP contribution is 2.26. The summed E-state index contributed by atoms with van der Waals surface area (Å²) in [5.41, 5.74) is 1.27. The second kappa shape index (κ2) is 8.28. The van der Waals surface area contributed by atoms with Crippen molar-refractivity contribution in [2.75, 3.05) is 13.7 Å². The SMILES string of the molecule is CCCC(C)COc1cc(OC)ccc1CNC(C)(C)C. The number of methoxy groups -OCH3 is 1. The van der Waals surface area contributed by atoms with Crippen LogP contribution in [0.25, 0.3) is 0 Å². The molecule has 3 heteroatoms. The summed E-state index contributed by atoms with van der Waals surface area (Å²) in [7, 11) is 1.69. The van der Waals surface area contributed by atoms with Gasteiger partial charge in [-0.25, -0.2) is 0 Å². The molecule has 0 bridgehead atoms. The molecular formula is C18H31NO2. The van der Waals surface area contributed by atoms with Gasteiger partial charge in [-0.05, 0) is 39.2 Å². The van der Waals surface area contributed by atoms with E-state index in [2.05, 4.69) is 46.0 Å². The highest BCUT2D eigenvalue weighted by atomic mass is 16.5. The second-order valence-electron chi connectivity index (χ2n) is 6.78. The van der Waals surface area contributed by atoms with Gasteiger partial charge in [0, 0.05) is 23.7 Å². The summed E-state index contributed by atoms with van der Waals surface area (Å²) >= 11 is 0. The van der Waals surface area contributed by atoms with E-state index in [0.29, 0.717) is 5.92 Å². The van der Waals surface area contributed by atoms with Gasteiger partial charge in [0.15, 0.2) is 0 Å². The highest BCUT2D eigenvalue weighted by Gasteiger charge is 2.12. The van der Waals surface area contributed by atoms with Crippen LogP contribution in [0.15, 0.2) is 18.2 Å². The first-order valence-corrected chi connectivity index (χ1v) is 7.90. The third-order valence-electron chi connectivity index (χ3n) is 3.39. The number of benzene rings is 1. The first kappa shape index (κ1) is 17.8. The van der Waals surface area contributed by atoms with E-state index < -0.39 is 0 Å². The van der Waals surface area contributed by atoms with Crippen LogP contribution in [0, 0.1) is 5.92 Å². The van der Waals surface area contributed by atoms with Crippen LogP contribution in [0.5, 0.6) is 11.5 Å². The van der Waals surface area contributed by atoms with Crippen molar-refractivity contribution < 1.29 is 9.47 Å². The average molecular weight is 293 g/mol. The first-order chi connectivity index (χ1) is 9.85. The van der Waals surface area contributed by atoms with Gasteiger partial charge in [0.25, 0.3) is 0 Å². The van der Waals surface area contributed by atoms with Gasteiger partial charge in [0.1, 0.15) is 11.5 Å². The fourth-order valence-corrected chi connectivity index (χ4v) is 2.11. The maximum Gasteiger partial charge on any atom is 0.127 e. The lowest BCUT2D eigenvalue weighted by Gasteiger charge is -2.22. The van der Waals surface area contributed by atoms with Crippen molar-refractivity contribution in [3.63, 3.8) is 0 Å². The fraction of sp³-hybridized carbons (Fsp3) is 0.667. The summed E-state index contributed by atoms with van der Waals surface area (Å²) in [6.45, 7) is 12.5. The van der Waals surface area contributed by atoms with Crippen LogP contribution in [0.2, 0.25) is 0 Å². The minimum Gasteiger partial charge on any atom is -0.497 e. The number of nitrogens with one attached hydrogen (secondary N) is 1. The molecule has 0 saturated carbocycles. The van der Waals surface area contributed by atoms with E-state index in [1.54, 1.807) is 7.11 Å². The zero-order chi connectivity index (χ0) is 15.9. The molecule has 3 nitrogen and oxygen atoms in total. The molecule has 1 N–H and O–H groups in total. The summed E-state index contributed by atoms with van der Waals surface area (Å²) in [5.74, 6) is 2.34. The minimum atomic E-state index is 0.0900. The number of ether oxygens (including phenoxy) is 2. The van der Waals surface area contributed by atoms with Crippen molar-refractivity contribution in [3.8, 4) is 11.5 Å². The normalized spacial score (nSPS) is 13.0. The van der Waals surface area contributed by atoms with Crippen molar-refractivity contribution in [3.05, 3.63) is 23.8 Å². The lowest BCUT2D eigenvalue weighted by Crippen LogP contribution is -2.35. The van der Waals surface area contributed by atoms with Crippen LogP contribution in [-0.4, -0.2) is 19.3 Å². The summed E-state index contributed by atoms with van der Waals surface area (Å²) in [5, 5.41) is 3.51. The Labute approximate surface area is 130 Å². The van der Waals surface area contributed by atoms with Gasteiger partial charge in [-0.2, -0.15) is 0 Å². The largest absolute Gasteiger partial charge is 0.497 e. The van der Waals surface area contributed by atoms with Gasteiger partial charge in [-0.15, -0.1) is 0 Å². The van der Waals surface area contributed by atoms with E-state index >= 15 is 0 Å². The van der Waals surface area contributed by atoms with Crippen molar-refractivity contribution in [1.29, 1.82) is 0 Å². The standard InChI is InChI=1S/C18H31NO2/c1-7-8-14(2)13-21-17-11-16(20-6)10-9-15(17)12-19-18(3,4)5/h9-11,14,19H,7-8,12-13H2,1-6H3. The Balaban J connectivity index is 2.76. The van der Waals surface area contributed by atoms with Crippen molar-refractivity contribution in [1.82, 2.24) is 5.32 Å². The Morgan fingerprint density at radius 2 is 1.95 bits per heavy atom. The Morgan fingerprint density at radius 1 is 1.24 bits per heavy atom. The molecule has 0 heterocycles. The van der Waals surface area contributed by atoms with Crippen LogP contribution in [-0.2, 0) is 6.54 Å². The summed E-state index contributed by atoms with van der Waals surface area (Å²) in [6.07, 6.45) is 2.39. The molecule has 0 aliphatic heterocycles. The maximum absolute atomic E-state index is 6.04. The molecule has 1 rings (SSSR count). The zero-order valence-corrected chi connectivity index (χ0v) is 14.5. The molecule has 120 valence electrons. The molecule has 1 atom stereocenters. The Morgan fingerprint density at radius 3 is 2.52 bits per heavy atom. The molecule has 1 unspecified atom stereocenters. The molecule has 0 saturated heterocycles. The molecule has 21 heavy (non-hydrogen) atoms. The maximum atomic E-state index is 6.04. The van der Waals surface area contributed by atoms with Crippen molar-refractivity contribution in [2.45, 2.75) is 59.5 Å².